The predicted molar refractivity (Wildman–Crippen MR) is 156 cm³/mol. The summed E-state index contributed by atoms with van der Waals surface area (Å²) in [6, 6.07) is 32.7. The Bertz CT molecular complexity index is 1600. The smallest absolute Gasteiger partial charge is 0.269 e. The number of nitro groups is 1. The molecule has 1 amide bonds. The third kappa shape index (κ3) is 4.07. The summed E-state index contributed by atoms with van der Waals surface area (Å²) in [6.07, 6.45) is -0.878. The van der Waals surface area contributed by atoms with Gasteiger partial charge in [0.1, 0.15) is 0 Å². The lowest BCUT2D eigenvalue weighted by Crippen LogP contribution is -2.51. The van der Waals surface area contributed by atoms with E-state index in [1.807, 2.05) is 96.8 Å². The van der Waals surface area contributed by atoms with E-state index in [-0.39, 0.29) is 30.0 Å². The highest BCUT2D eigenvalue weighted by Gasteiger charge is 2.62. The van der Waals surface area contributed by atoms with Gasteiger partial charge in [-0.3, -0.25) is 19.8 Å². The summed E-state index contributed by atoms with van der Waals surface area (Å²) in [5.74, 6) is 0.00277. The van der Waals surface area contributed by atoms with Crippen LogP contribution in [0.4, 0.5) is 11.4 Å². The molecular formula is C30H25ClN6O3. The van der Waals surface area contributed by atoms with Gasteiger partial charge in [0.15, 0.2) is 11.7 Å². The van der Waals surface area contributed by atoms with Crippen molar-refractivity contribution in [2.24, 2.45) is 15.7 Å². The summed E-state index contributed by atoms with van der Waals surface area (Å²) in [6.45, 7) is 1.97. The summed E-state index contributed by atoms with van der Waals surface area (Å²) >= 11 is 0. The lowest BCUT2D eigenvalue weighted by atomic mass is 9.80. The first-order valence-corrected chi connectivity index (χ1v) is 12.4. The zero-order chi connectivity index (χ0) is 27.1. The summed E-state index contributed by atoms with van der Waals surface area (Å²) in [5, 5.41) is 11.7. The Labute approximate surface area is 236 Å². The van der Waals surface area contributed by atoms with Gasteiger partial charge in [-0.1, -0.05) is 90.5 Å². The van der Waals surface area contributed by atoms with Gasteiger partial charge < -0.3 is 5.73 Å². The Morgan fingerprint density at radius 2 is 1.48 bits per heavy atom. The Hall–Kier alpha value is -5.02. The van der Waals surface area contributed by atoms with Crippen molar-refractivity contribution >= 4 is 41.6 Å². The monoisotopic (exact) mass is 552 g/mol. The second-order valence-corrected chi connectivity index (χ2v) is 9.41. The number of rotatable bonds is 5. The van der Waals surface area contributed by atoms with E-state index in [9.17, 15) is 14.9 Å². The standard InChI is InChI=1S/C30H24N6O3.ClH/c1-20-15-17-24(18-16-20)34-27(37)30(22-10-4-2-5-11-22,23-12-6-3-7-13-23)35-26(32-28(31)33-29(34)35)21-9-8-14-25(19-21)36(38)39;/h2-19,26H,1H3,(H2,31,32);1H. The predicted octanol–water partition coefficient (Wildman–Crippen LogP) is 5.30. The second-order valence-electron chi connectivity index (χ2n) is 9.41. The number of carbonyl (C=O) groups excluding carboxylic acids is 1. The van der Waals surface area contributed by atoms with Crippen molar-refractivity contribution in [1.82, 2.24) is 4.90 Å². The summed E-state index contributed by atoms with van der Waals surface area (Å²) in [7, 11) is 0. The van der Waals surface area contributed by atoms with Gasteiger partial charge in [0.25, 0.3) is 11.6 Å². The SMILES string of the molecule is Cc1ccc(N2C(=O)C(c3ccccc3)(c3ccccc3)N3C2=NC(N)=NC3c2cccc([N+](=O)[O-])c2)cc1.Cl. The minimum absolute atomic E-state index is 0. The number of guanidine groups is 2. The van der Waals surface area contributed by atoms with Crippen molar-refractivity contribution < 1.29 is 9.72 Å². The number of carbonyl (C=O) groups is 1. The third-order valence-electron chi connectivity index (χ3n) is 7.06. The van der Waals surface area contributed by atoms with Crippen molar-refractivity contribution in [3.63, 3.8) is 0 Å². The minimum atomic E-state index is -1.40. The van der Waals surface area contributed by atoms with E-state index >= 15 is 0 Å². The van der Waals surface area contributed by atoms with Crippen LogP contribution >= 0.6 is 12.4 Å². The molecule has 0 aromatic heterocycles. The van der Waals surface area contributed by atoms with Crippen LogP contribution < -0.4 is 10.6 Å². The molecule has 0 spiro atoms. The highest BCUT2D eigenvalue weighted by Crippen LogP contribution is 2.50. The van der Waals surface area contributed by atoms with E-state index in [0.29, 0.717) is 28.3 Å². The average molecular weight is 553 g/mol. The largest absolute Gasteiger partial charge is 0.368 e. The fraction of sp³-hybridized carbons (Fsp3) is 0.100. The lowest BCUT2D eigenvalue weighted by Gasteiger charge is -2.41. The number of fused-ring (bicyclic) bond motifs is 1. The maximum atomic E-state index is 14.9. The summed E-state index contributed by atoms with van der Waals surface area (Å²) in [5.41, 5.74) is 8.35. The normalized spacial score (nSPS) is 17.4. The van der Waals surface area contributed by atoms with Crippen LogP contribution in [0.5, 0.6) is 0 Å². The highest BCUT2D eigenvalue weighted by atomic mass is 35.5. The van der Waals surface area contributed by atoms with Crippen molar-refractivity contribution in [2.45, 2.75) is 18.6 Å². The number of hydrogen-bond donors (Lipinski definition) is 1. The van der Waals surface area contributed by atoms with Gasteiger partial charge in [0.2, 0.25) is 11.9 Å². The van der Waals surface area contributed by atoms with Gasteiger partial charge >= 0.3 is 0 Å². The zero-order valence-corrected chi connectivity index (χ0v) is 22.2. The molecule has 2 heterocycles. The summed E-state index contributed by atoms with van der Waals surface area (Å²) in [4.78, 5) is 38.8. The molecule has 10 heteroatoms. The minimum Gasteiger partial charge on any atom is -0.368 e. The molecule has 1 unspecified atom stereocenters. The third-order valence-corrected chi connectivity index (χ3v) is 7.06. The van der Waals surface area contributed by atoms with Crippen LogP contribution in [0, 0.1) is 17.0 Å². The van der Waals surface area contributed by atoms with E-state index in [0.717, 1.165) is 5.56 Å². The molecule has 1 fully saturated rings. The van der Waals surface area contributed by atoms with Crippen LogP contribution in [0.25, 0.3) is 0 Å². The topological polar surface area (TPSA) is 117 Å². The number of nitrogens with two attached hydrogens (primary N) is 1. The molecule has 2 N–H and O–H groups in total. The van der Waals surface area contributed by atoms with Gasteiger partial charge in [-0.15, -0.1) is 12.4 Å². The molecule has 200 valence electrons. The summed E-state index contributed by atoms with van der Waals surface area (Å²) < 4.78 is 0. The Morgan fingerprint density at radius 3 is 2.05 bits per heavy atom. The van der Waals surface area contributed by atoms with Crippen molar-refractivity contribution in [3.05, 3.63) is 142 Å². The van der Waals surface area contributed by atoms with Crippen LogP contribution in [-0.2, 0) is 10.3 Å². The molecule has 2 aliphatic heterocycles. The molecule has 2 aliphatic rings. The van der Waals surface area contributed by atoms with Crippen molar-refractivity contribution in [1.29, 1.82) is 0 Å². The van der Waals surface area contributed by atoms with Crippen LogP contribution in [-0.4, -0.2) is 27.6 Å². The number of aliphatic imine (C=N–C) groups is 2. The molecule has 4 aromatic rings. The van der Waals surface area contributed by atoms with Gasteiger partial charge in [-0.2, -0.15) is 4.99 Å². The first kappa shape index (κ1) is 26.6. The molecule has 6 rings (SSSR count). The molecule has 4 aromatic carbocycles. The number of benzene rings is 4. The molecule has 40 heavy (non-hydrogen) atoms. The molecule has 1 saturated heterocycles. The number of anilines is 1. The zero-order valence-electron chi connectivity index (χ0n) is 21.4. The van der Waals surface area contributed by atoms with Gasteiger partial charge in [-0.05, 0) is 30.2 Å². The highest BCUT2D eigenvalue weighted by molar-refractivity contribution is 6.28. The molecule has 0 saturated carbocycles. The molecule has 1 atom stereocenters. The Balaban J connectivity index is 0.00000323. The number of aryl methyl sites for hydroxylation is 1. The molecular weight excluding hydrogens is 528 g/mol. The average Bonchev–Trinajstić information content (AvgIpc) is 3.22. The van der Waals surface area contributed by atoms with Crippen LogP contribution in [0.2, 0.25) is 0 Å². The molecule has 9 nitrogen and oxygen atoms in total. The fourth-order valence-electron chi connectivity index (χ4n) is 5.32. The fourth-order valence-corrected chi connectivity index (χ4v) is 5.32. The number of nitro benzene ring substituents is 1. The van der Waals surface area contributed by atoms with Gasteiger partial charge in [0, 0.05) is 17.7 Å². The molecule has 0 radical (unpaired) electrons. The number of nitrogens with zero attached hydrogens (tertiary/aromatic N) is 5. The van der Waals surface area contributed by atoms with E-state index in [2.05, 4.69) is 9.98 Å². The number of hydrogen-bond acceptors (Lipinski definition) is 7. The maximum absolute atomic E-state index is 14.9. The van der Waals surface area contributed by atoms with E-state index < -0.39 is 16.6 Å². The van der Waals surface area contributed by atoms with E-state index in [4.69, 9.17) is 5.73 Å². The number of non-ortho nitro benzene ring substituents is 1. The van der Waals surface area contributed by atoms with Crippen molar-refractivity contribution in [3.8, 4) is 0 Å². The Kier molecular flexibility index (Phi) is 6.83. The molecule has 0 aliphatic carbocycles. The maximum Gasteiger partial charge on any atom is 0.269 e. The molecule has 0 bridgehead atoms. The Morgan fingerprint density at radius 1 is 0.875 bits per heavy atom. The number of amides is 1. The van der Waals surface area contributed by atoms with Gasteiger partial charge in [0.05, 0.1) is 10.6 Å². The quantitative estimate of drug-likeness (QED) is 0.266. The van der Waals surface area contributed by atoms with Crippen LogP contribution in [0.1, 0.15) is 28.4 Å². The first-order valence-electron chi connectivity index (χ1n) is 12.4. The second kappa shape index (κ2) is 10.3. The van der Waals surface area contributed by atoms with Crippen LogP contribution in [0.15, 0.2) is 119 Å². The first-order chi connectivity index (χ1) is 18.9. The van der Waals surface area contributed by atoms with Gasteiger partial charge in [-0.25, -0.2) is 9.89 Å². The van der Waals surface area contributed by atoms with Crippen LogP contribution in [0.3, 0.4) is 0 Å². The lowest BCUT2D eigenvalue weighted by molar-refractivity contribution is -0.385. The van der Waals surface area contributed by atoms with Crippen molar-refractivity contribution in [2.75, 3.05) is 4.90 Å². The van der Waals surface area contributed by atoms with E-state index in [1.54, 1.807) is 17.0 Å². The number of halogens is 1. The van der Waals surface area contributed by atoms with E-state index in [1.165, 1.54) is 12.1 Å².